The molecule has 0 amide bonds. The number of nitrogens with zero attached hydrogens (tertiary/aromatic N) is 4. The summed E-state index contributed by atoms with van der Waals surface area (Å²) in [4.78, 5) is 14.7. The molecule has 1 fully saturated rings. The number of anilines is 1. The van der Waals surface area contributed by atoms with Gasteiger partial charge in [0.05, 0.1) is 12.6 Å². The highest BCUT2D eigenvalue weighted by Gasteiger charge is 2.20. The number of likely N-dealkylation sites (N-methyl/N-ethyl adjacent to an activating group) is 1. The van der Waals surface area contributed by atoms with Gasteiger partial charge in [0.25, 0.3) is 0 Å². The van der Waals surface area contributed by atoms with Crippen LogP contribution >= 0.6 is 0 Å². The summed E-state index contributed by atoms with van der Waals surface area (Å²) in [5, 5.41) is 1.14. The Hall–Kier alpha value is -2.66. The van der Waals surface area contributed by atoms with Crippen molar-refractivity contribution in [3.8, 4) is 5.75 Å². The van der Waals surface area contributed by atoms with E-state index in [1.54, 1.807) is 7.11 Å². The highest BCUT2D eigenvalue weighted by molar-refractivity contribution is 5.89. The van der Waals surface area contributed by atoms with Crippen molar-refractivity contribution in [1.29, 1.82) is 0 Å². The molecule has 0 N–H and O–H groups in total. The lowest BCUT2D eigenvalue weighted by atomic mass is 10.1. The molecule has 0 atom stereocenters. The molecule has 0 radical (unpaired) electrons. The summed E-state index contributed by atoms with van der Waals surface area (Å²) in [7, 11) is 1.69. The highest BCUT2D eigenvalue weighted by atomic mass is 16.5. The first-order valence-electron chi connectivity index (χ1n) is 9.62. The number of hydrogen-bond donors (Lipinski definition) is 0. The molecule has 5 heteroatoms. The van der Waals surface area contributed by atoms with E-state index in [1.165, 1.54) is 0 Å². The Morgan fingerprint density at radius 2 is 1.78 bits per heavy atom. The predicted octanol–water partition coefficient (Wildman–Crippen LogP) is 3.37. The number of para-hydroxylation sites is 1. The standard InChI is InChI=1S/C22H26N4O/c1-3-25-11-13-26(14-12-25)22-19-9-4-5-10-20(19)23-21(24-22)16-17-7-6-8-18(15-17)27-2/h4-10,15H,3,11-14,16H2,1-2H3. The second-order valence-corrected chi connectivity index (χ2v) is 6.93. The Bertz CT molecular complexity index is 919. The van der Waals surface area contributed by atoms with Crippen molar-refractivity contribution in [3.05, 3.63) is 59.9 Å². The molecular weight excluding hydrogens is 336 g/mol. The molecule has 1 aromatic heterocycles. The summed E-state index contributed by atoms with van der Waals surface area (Å²) in [6, 6.07) is 16.5. The first-order valence-corrected chi connectivity index (χ1v) is 9.62. The number of rotatable bonds is 5. The number of ether oxygens (including phenoxy) is 1. The van der Waals surface area contributed by atoms with Gasteiger partial charge >= 0.3 is 0 Å². The first-order chi connectivity index (χ1) is 13.3. The maximum Gasteiger partial charge on any atom is 0.140 e. The second kappa shape index (κ2) is 7.92. The molecule has 0 unspecified atom stereocenters. The van der Waals surface area contributed by atoms with Crippen LogP contribution in [0.15, 0.2) is 48.5 Å². The molecular formula is C22H26N4O. The quantitative estimate of drug-likeness (QED) is 0.696. The third-order valence-corrected chi connectivity index (χ3v) is 5.24. The first kappa shape index (κ1) is 17.7. The van der Waals surface area contributed by atoms with Crippen molar-refractivity contribution >= 4 is 16.7 Å². The summed E-state index contributed by atoms with van der Waals surface area (Å²) in [5.41, 5.74) is 2.17. The molecule has 4 rings (SSSR count). The molecule has 1 aliphatic rings. The zero-order valence-corrected chi connectivity index (χ0v) is 16.1. The van der Waals surface area contributed by atoms with Crippen LogP contribution in [0.3, 0.4) is 0 Å². The number of benzene rings is 2. The third-order valence-electron chi connectivity index (χ3n) is 5.24. The predicted molar refractivity (Wildman–Crippen MR) is 110 cm³/mol. The average Bonchev–Trinajstić information content (AvgIpc) is 2.73. The lowest BCUT2D eigenvalue weighted by molar-refractivity contribution is 0.270. The van der Waals surface area contributed by atoms with Crippen LogP contribution in [0.4, 0.5) is 5.82 Å². The fraction of sp³-hybridized carbons (Fsp3) is 0.364. The topological polar surface area (TPSA) is 41.5 Å². The van der Waals surface area contributed by atoms with E-state index in [1.807, 2.05) is 18.2 Å². The van der Waals surface area contributed by atoms with E-state index in [9.17, 15) is 0 Å². The van der Waals surface area contributed by atoms with Crippen LogP contribution in [0.1, 0.15) is 18.3 Å². The van der Waals surface area contributed by atoms with Crippen molar-refractivity contribution in [1.82, 2.24) is 14.9 Å². The van der Waals surface area contributed by atoms with Crippen molar-refractivity contribution in [2.45, 2.75) is 13.3 Å². The minimum absolute atomic E-state index is 0.698. The summed E-state index contributed by atoms with van der Waals surface area (Å²) < 4.78 is 5.35. The number of fused-ring (bicyclic) bond motifs is 1. The van der Waals surface area contributed by atoms with Crippen molar-refractivity contribution in [3.63, 3.8) is 0 Å². The van der Waals surface area contributed by atoms with Crippen LogP contribution < -0.4 is 9.64 Å². The van der Waals surface area contributed by atoms with Crippen LogP contribution in [0, 0.1) is 0 Å². The molecule has 3 aromatic rings. The second-order valence-electron chi connectivity index (χ2n) is 6.93. The highest BCUT2D eigenvalue weighted by Crippen LogP contribution is 2.26. The van der Waals surface area contributed by atoms with Gasteiger partial charge in [-0.25, -0.2) is 9.97 Å². The molecule has 1 aliphatic heterocycles. The van der Waals surface area contributed by atoms with Gasteiger partial charge in [0.1, 0.15) is 17.4 Å². The van der Waals surface area contributed by atoms with Crippen molar-refractivity contribution in [2.24, 2.45) is 0 Å². The van der Waals surface area contributed by atoms with Crippen LogP contribution in [-0.4, -0.2) is 54.7 Å². The monoisotopic (exact) mass is 362 g/mol. The Balaban J connectivity index is 1.68. The van der Waals surface area contributed by atoms with E-state index >= 15 is 0 Å². The average molecular weight is 362 g/mol. The van der Waals surface area contributed by atoms with Crippen LogP contribution in [0.5, 0.6) is 5.75 Å². The maximum atomic E-state index is 5.35. The van der Waals surface area contributed by atoms with Gasteiger partial charge in [0.2, 0.25) is 0 Å². The molecule has 5 nitrogen and oxygen atoms in total. The fourth-order valence-corrected chi connectivity index (χ4v) is 3.67. The Morgan fingerprint density at radius 1 is 0.963 bits per heavy atom. The minimum Gasteiger partial charge on any atom is -0.497 e. The number of hydrogen-bond acceptors (Lipinski definition) is 5. The van der Waals surface area contributed by atoms with Gasteiger partial charge in [-0.1, -0.05) is 31.2 Å². The zero-order valence-electron chi connectivity index (χ0n) is 16.1. The van der Waals surface area contributed by atoms with Gasteiger partial charge in [-0.15, -0.1) is 0 Å². The van der Waals surface area contributed by atoms with E-state index in [0.717, 1.165) is 66.6 Å². The van der Waals surface area contributed by atoms with Crippen LogP contribution in [0.2, 0.25) is 0 Å². The molecule has 0 bridgehead atoms. The van der Waals surface area contributed by atoms with E-state index in [-0.39, 0.29) is 0 Å². The Labute approximate surface area is 160 Å². The SMILES string of the molecule is CCN1CCN(c2nc(Cc3cccc(OC)c3)nc3ccccc23)CC1. The van der Waals surface area contributed by atoms with Gasteiger partial charge < -0.3 is 14.5 Å². The van der Waals surface area contributed by atoms with Crippen molar-refractivity contribution in [2.75, 3.05) is 44.7 Å². The number of aromatic nitrogens is 2. The number of methoxy groups -OCH3 is 1. The molecule has 0 aliphatic carbocycles. The molecule has 0 saturated carbocycles. The van der Waals surface area contributed by atoms with Gasteiger partial charge in [-0.2, -0.15) is 0 Å². The fourth-order valence-electron chi connectivity index (χ4n) is 3.67. The summed E-state index contributed by atoms with van der Waals surface area (Å²) in [5.74, 6) is 2.79. The summed E-state index contributed by atoms with van der Waals surface area (Å²) in [6.07, 6.45) is 0.698. The normalized spacial score (nSPS) is 15.3. The van der Waals surface area contributed by atoms with Gasteiger partial charge in [-0.3, -0.25) is 0 Å². The van der Waals surface area contributed by atoms with Gasteiger partial charge in [0.15, 0.2) is 0 Å². The largest absolute Gasteiger partial charge is 0.497 e. The molecule has 27 heavy (non-hydrogen) atoms. The van der Waals surface area contributed by atoms with Crippen LogP contribution in [-0.2, 0) is 6.42 Å². The maximum absolute atomic E-state index is 5.35. The van der Waals surface area contributed by atoms with Gasteiger partial charge in [-0.05, 0) is 36.4 Å². The van der Waals surface area contributed by atoms with E-state index < -0.39 is 0 Å². The number of piperazine rings is 1. The molecule has 2 aromatic carbocycles. The minimum atomic E-state index is 0.698. The smallest absolute Gasteiger partial charge is 0.140 e. The van der Waals surface area contributed by atoms with E-state index in [2.05, 4.69) is 47.1 Å². The Kier molecular flexibility index (Phi) is 5.21. The molecule has 2 heterocycles. The third kappa shape index (κ3) is 3.88. The van der Waals surface area contributed by atoms with Gasteiger partial charge in [0, 0.05) is 38.0 Å². The van der Waals surface area contributed by atoms with Crippen molar-refractivity contribution < 1.29 is 4.74 Å². The lowest BCUT2D eigenvalue weighted by Crippen LogP contribution is -2.46. The molecule has 0 spiro atoms. The Morgan fingerprint density at radius 3 is 2.56 bits per heavy atom. The molecule has 140 valence electrons. The van der Waals surface area contributed by atoms with E-state index in [4.69, 9.17) is 14.7 Å². The zero-order chi connectivity index (χ0) is 18.6. The van der Waals surface area contributed by atoms with E-state index in [0.29, 0.717) is 6.42 Å². The van der Waals surface area contributed by atoms with Crippen LogP contribution in [0.25, 0.3) is 10.9 Å². The summed E-state index contributed by atoms with van der Waals surface area (Å²) in [6.45, 7) is 7.52. The lowest BCUT2D eigenvalue weighted by Gasteiger charge is -2.35. The summed E-state index contributed by atoms with van der Waals surface area (Å²) >= 11 is 0. The molecule has 1 saturated heterocycles.